The number of hydrogen-bond acceptors (Lipinski definition) is 15. The first-order chi connectivity index (χ1) is 40.9. The third-order valence-corrected chi connectivity index (χ3v) is 18.4. The van der Waals surface area contributed by atoms with Crippen molar-refractivity contribution in [2.75, 3.05) is 82.3 Å². The first-order valence-corrected chi connectivity index (χ1v) is 30.6. The van der Waals surface area contributed by atoms with Gasteiger partial charge >= 0.3 is 0 Å². The van der Waals surface area contributed by atoms with Gasteiger partial charge in [0.05, 0.1) is 28.2 Å². The van der Waals surface area contributed by atoms with Crippen LogP contribution < -0.4 is 25.0 Å². The summed E-state index contributed by atoms with van der Waals surface area (Å²) >= 11 is 6.27. The lowest BCUT2D eigenvalue weighted by molar-refractivity contribution is -0.384. The molecule has 1 unspecified atom stereocenters. The number of hydrogen-bond donors (Lipinski definition) is 4. The van der Waals surface area contributed by atoms with E-state index in [0.29, 0.717) is 60.3 Å². The number of aromatic nitrogens is 2. The molecule has 6 heterocycles. The van der Waals surface area contributed by atoms with E-state index >= 15 is 0 Å². The number of piperazine rings is 1. The van der Waals surface area contributed by atoms with E-state index in [4.69, 9.17) is 21.1 Å². The molecule has 0 bridgehead atoms. The molecule has 0 radical (unpaired) electrons. The molecule has 0 spiro atoms. The molecule has 4 aromatic carbocycles. The van der Waals surface area contributed by atoms with E-state index in [2.05, 4.69) is 77.8 Å². The number of aromatic amines is 1. The van der Waals surface area contributed by atoms with Crippen molar-refractivity contribution in [1.29, 1.82) is 0 Å². The number of carbonyl (C=O) groups is 4. The molecule has 6 aromatic rings. The maximum atomic E-state index is 14.1. The first kappa shape index (κ1) is 58.6. The number of fused-ring (bicyclic) bond motifs is 2. The van der Waals surface area contributed by atoms with E-state index in [-0.39, 0.29) is 66.1 Å². The van der Waals surface area contributed by atoms with Gasteiger partial charge < -0.3 is 34.5 Å². The Kier molecular flexibility index (Phi) is 17.4. The summed E-state index contributed by atoms with van der Waals surface area (Å²) in [5.74, 6) is 4.76. The number of pyridine rings is 1. The molecule has 85 heavy (non-hydrogen) atoms. The zero-order valence-corrected chi connectivity index (χ0v) is 49.0. The van der Waals surface area contributed by atoms with Crippen molar-refractivity contribution in [2.45, 2.75) is 76.3 Å². The number of rotatable bonds is 18. The normalized spacial score (nSPS) is 18.7. The molecule has 11 rings (SSSR count). The van der Waals surface area contributed by atoms with Crippen LogP contribution in [0.1, 0.15) is 96.2 Å². The number of amides is 4. The Balaban J connectivity index is 0.680. The monoisotopic (exact) mass is 1190 g/mol. The summed E-state index contributed by atoms with van der Waals surface area (Å²) in [6.07, 6.45) is 8.51. The number of halogens is 1. The van der Waals surface area contributed by atoms with Gasteiger partial charge in [-0.05, 0) is 140 Å². The fourth-order valence-electron chi connectivity index (χ4n) is 12.0. The number of imide groups is 1. The van der Waals surface area contributed by atoms with E-state index < -0.39 is 43.4 Å². The number of nitro groups is 1. The smallest absolute Gasteiger partial charge is 0.293 e. The fourth-order valence-corrected chi connectivity index (χ4v) is 13.1. The summed E-state index contributed by atoms with van der Waals surface area (Å²) in [6, 6.07) is 25.0. The van der Waals surface area contributed by atoms with E-state index in [9.17, 15) is 37.7 Å². The van der Waals surface area contributed by atoms with Crippen molar-refractivity contribution in [2.24, 2.45) is 11.3 Å². The highest BCUT2D eigenvalue weighted by Gasteiger charge is 2.40. The average molecular weight is 1190 g/mol. The molecule has 3 fully saturated rings. The minimum absolute atomic E-state index is 0.0615. The molecule has 4 N–H and O–H groups in total. The predicted molar refractivity (Wildman–Crippen MR) is 323 cm³/mol. The number of likely N-dealkylation sites (tertiary alicyclic amines) is 1. The highest BCUT2D eigenvalue weighted by Crippen LogP contribution is 2.44. The molecule has 1 atom stereocenters. The molecule has 20 nitrogen and oxygen atoms in total. The van der Waals surface area contributed by atoms with E-state index in [1.165, 1.54) is 46.0 Å². The molecule has 3 saturated heterocycles. The van der Waals surface area contributed by atoms with Crippen LogP contribution in [0.5, 0.6) is 11.5 Å². The molecule has 2 aromatic heterocycles. The van der Waals surface area contributed by atoms with Crippen LogP contribution in [0.4, 0.5) is 17.1 Å². The van der Waals surface area contributed by atoms with Crippen LogP contribution in [0.3, 0.4) is 0 Å². The van der Waals surface area contributed by atoms with Crippen LogP contribution >= 0.6 is 11.6 Å². The maximum Gasteiger partial charge on any atom is 0.293 e. The van der Waals surface area contributed by atoms with Crippen LogP contribution in [0, 0.1) is 33.3 Å². The molecular formula is C63H67ClN10O10S. The van der Waals surface area contributed by atoms with Crippen molar-refractivity contribution < 1.29 is 42.0 Å². The maximum absolute atomic E-state index is 14.1. The van der Waals surface area contributed by atoms with Gasteiger partial charge in [-0.2, -0.15) is 0 Å². The molecule has 1 aliphatic carbocycles. The second kappa shape index (κ2) is 25.2. The average Bonchev–Trinajstić information content (AvgIpc) is 2.99. The van der Waals surface area contributed by atoms with Crippen molar-refractivity contribution >= 4 is 78.9 Å². The van der Waals surface area contributed by atoms with Crippen molar-refractivity contribution in [3.8, 4) is 23.3 Å². The fraction of sp³-hybridized carbons (Fsp3) is 0.381. The first-order valence-electron chi connectivity index (χ1n) is 28.8. The van der Waals surface area contributed by atoms with Gasteiger partial charge in [0, 0.05) is 104 Å². The number of carbonyl (C=O) groups excluding carboxylic acids is 4. The zero-order valence-electron chi connectivity index (χ0n) is 47.5. The lowest BCUT2D eigenvalue weighted by Crippen LogP contribution is -2.52. The van der Waals surface area contributed by atoms with E-state index in [0.717, 1.165) is 87.5 Å². The van der Waals surface area contributed by atoms with Gasteiger partial charge in [0.2, 0.25) is 11.8 Å². The third kappa shape index (κ3) is 13.7. The van der Waals surface area contributed by atoms with E-state index in [1.807, 2.05) is 24.3 Å². The SMILES string of the molecule is CC1(C)CCC(CN2CCN(c3ccc(C(=O)NS(=O)(=O)c4ccc(NCC5CCN(CCOCC#Cc6cccc7c6CN(C6CCC(=O)NC6=O)C7=O)CC5)c([N+](=O)[O-])c4)c(Oc4cnc5[nH]ccc5c4)c3)CC2)=C(c2ccc(Cl)cc2)C1. The topological polar surface area (TPSA) is 242 Å². The third-order valence-electron chi connectivity index (χ3n) is 16.9. The van der Waals surface area contributed by atoms with Crippen LogP contribution in [0.15, 0.2) is 114 Å². The minimum Gasteiger partial charge on any atom is -0.455 e. The van der Waals surface area contributed by atoms with Crippen LogP contribution in [-0.4, -0.2) is 140 Å². The number of benzene rings is 4. The lowest BCUT2D eigenvalue weighted by atomic mass is 9.72. The Morgan fingerprint density at radius 3 is 2.51 bits per heavy atom. The van der Waals surface area contributed by atoms with Gasteiger partial charge in [-0.15, -0.1) is 0 Å². The van der Waals surface area contributed by atoms with Crippen LogP contribution in [0.25, 0.3) is 16.6 Å². The van der Waals surface area contributed by atoms with Crippen LogP contribution in [-0.2, 0) is 30.9 Å². The summed E-state index contributed by atoms with van der Waals surface area (Å²) in [5, 5.41) is 19.5. The molecule has 22 heteroatoms. The summed E-state index contributed by atoms with van der Waals surface area (Å²) in [6.45, 7) is 12.1. The number of piperidine rings is 2. The number of allylic oxidation sites excluding steroid dienone is 1. The molecular weight excluding hydrogens is 1120 g/mol. The highest BCUT2D eigenvalue weighted by molar-refractivity contribution is 7.90. The van der Waals surface area contributed by atoms with Crippen molar-refractivity contribution in [1.82, 2.24) is 34.7 Å². The highest BCUT2D eigenvalue weighted by atomic mass is 35.5. The van der Waals surface area contributed by atoms with Gasteiger partial charge in [-0.25, -0.2) is 18.1 Å². The van der Waals surface area contributed by atoms with Crippen molar-refractivity contribution in [3.05, 3.63) is 152 Å². The van der Waals surface area contributed by atoms with Gasteiger partial charge in [-0.3, -0.25) is 39.5 Å². The zero-order chi connectivity index (χ0) is 59.4. The Morgan fingerprint density at radius 1 is 0.929 bits per heavy atom. The quantitative estimate of drug-likeness (QED) is 0.0207. The van der Waals surface area contributed by atoms with E-state index in [1.54, 1.807) is 36.5 Å². The number of anilines is 2. The largest absolute Gasteiger partial charge is 0.455 e. The Hall–Kier alpha value is -8.13. The van der Waals surface area contributed by atoms with Crippen LogP contribution in [0.2, 0.25) is 5.02 Å². The van der Waals surface area contributed by atoms with Gasteiger partial charge in [0.1, 0.15) is 35.5 Å². The number of nitrogens with one attached hydrogen (secondary N) is 4. The number of ether oxygens (including phenoxy) is 2. The number of nitro benzene ring substituents is 1. The molecule has 4 amide bonds. The summed E-state index contributed by atoms with van der Waals surface area (Å²) < 4.78 is 42.3. The second-order valence-electron chi connectivity index (χ2n) is 23.2. The van der Waals surface area contributed by atoms with Gasteiger partial charge in [0.15, 0.2) is 0 Å². The van der Waals surface area contributed by atoms with Crippen molar-refractivity contribution in [3.63, 3.8) is 0 Å². The predicted octanol–water partition coefficient (Wildman–Crippen LogP) is 8.77. The summed E-state index contributed by atoms with van der Waals surface area (Å²) in [5.41, 5.74) is 7.29. The molecule has 5 aliphatic rings. The second-order valence-corrected chi connectivity index (χ2v) is 25.3. The standard InChI is InChI=1S/C63H67ClN10O10S/c1-63(2)22-18-45(52(36-63)43-8-10-46(64)11-9-43)39-71-26-28-72(29-27-71)47-12-14-51(57(34-47)84-48-33-44-19-23-65-59(44)67-38-48)60(76)69-85(81,82)49-13-15-54(56(35-49)74(79)80)66-37-41-20-24-70(25-21-41)30-32-83-31-4-6-42-5-3-7-50-53(42)40-73(62(50)78)55-16-17-58(75)68-61(55)77/h3,5,7-15,19,23,33-35,38,41,55,66H,16-18,20-22,24-32,36-37,39-40H2,1-2H3,(H,65,67)(H,69,76)(H,68,75,77). The molecule has 442 valence electrons. The number of H-pyrrole nitrogens is 1. The Labute approximate surface area is 498 Å². The number of sulfonamides is 1. The minimum atomic E-state index is -4.64. The summed E-state index contributed by atoms with van der Waals surface area (Å²) in [7, 11) is -4.64. The Morgan fingerprint density at radius 2 is 1.73 bits per heavy atom. The molecule has 4 aliphatic heterocycles. The number of nitrogens with zero attached hydrogens (tertiary/aromatic N) is 6. The Bertz CT molecular complexity index is 3780. The van der Waals surface area contributed by atoms with Gasteiger partial charge in [-0.1, -0.05) is 61.1 Å². The summed E-state index contributed by atoms with van der Waals surface area (Å²) in [4.78, 5) is 78.8. The van der Waals surface area contributed by atoms with Gasteiger partial charge in [0.25, 0.3) is 27.5 Å². The lowest BCUT2D eigenvalue weighted by Gasteiger charge is -2.39. The molecule has 0 saturated carbocycles.